The van der Waals surface area contributed by atoms with Gasteiger partial charge in [-0.2, -0.15) is 9.28 Å². The number of carbonyl (C=O) groups excluding carboxylic acids is 1. The molecule has 0 saturated heterocycles. The molecular weight excluding hydrogens is 237 g/mol. The number of halogens is 1. The quantitative estimate of drug-likeness (QED) is 0.779. The predicted molar refractivity (Wildman–Crippen MR) is 64.6 cm³/mol. The minimum atomic E-state index is -1.08. The summed E-state index contributed by atoms with van der Waals surface area (Å²) in [6.45, 7) is 1.81. The summed E-state index contributed by atoms with van der Waals surface area (Å²) in [6.07, 6.45) is 1.72. The Morgan fingerprint density at radius 3 is 2.67 bits per heavy atom. The molecule has 1 aromatic carbocycles. The molecule has 1 aromatic rings. The van der Waals surface area contributed by atoms with Crippen LogP contribution in [0.2, 0.25) is 0 Å². The van der Waals surface area contributed by atoms with E-state index >= 15 is 0 Å². The third kappa shape index (κ3) is 1.93. The van der Waals surface area contributed by atoms with E-state index in [1.807, 2.05) is 0 Å². The van der Waals surface area contributed by atoms with Crippen molar-refractivity contribution < 1.29 is 19.1 Å². The Morgan fingerprint density at radius 1 is 1.44 bits per heavy atom. The Hall–Kier alpha value is -2.01. The van der Waals surface area contributed by atoms with E-state index in [1.54, 1.807) is 6.92 Å². The Labute approximate surface area is 104 Å². The highest BCUT2D eigenvalue weighted by molar-refractivity contribution is 5.95. The number of ketones is 1. The fourth-order valence-corrected chi connectivity index (χ4v) is 2.18. The van der Waals surface area contributed by atoms with Crippen LogP contribution in [-0.2, 0) is 4.79 Å². The Kier molecular flexibility index (Phi) is 3.00. The first kappa shape index (κ1) is 12.4. The second-order valence-corrected chi connectivity index (χ2v) is 4.34. The molecule has 0 aromatic heterocycles. The average Bonchev–Trinajstić information content (AvgIpc) is 2.30. The largest absolute Gasteiger partial charge is 0.523 e. The van der Waals surface area contributed by atoms with Crippen LogP contribution in [-0.4, -0.2) is 23.5 Å². The van der Waals surface area contributed by atoms with Gasteiger partial charge in [0.1, 0.15) is 18.6 Å². The number of aryl methyl sites for hydroxylation is 1. The first-order chi connectivity index (χ1) is 8.45. The van der Waals surface area contributed by atoms with Gasteiger partial charge in [-0.05, 0) is 19.1 Å². The molecule has 5 heteroatoms. The van der Waals surface area contributed by atoms with Gasteiger partial charge in [0.05, 0.1) is 6.42 Å². The number of quaternary nitrogens is 1. The van der Waals surface area contributed by atoms with Gasteiger partial charge in [0, 0.05) is 17.7 Å². The SMILES string of the molecule is Cc1cc(F)ccc1[N+]1(C(=O)O)C=CC(=O)CC1. The van der Waals surface area contributed by atoms with Crippen LogP contribution in [0.4, 0.5) is 14.9 Å². The fraction of sp³-hybridized carbons (Fsp3) is 0.231. The number of benzene rings is 1. The maximum atomic E-state index is 13.1. The van der Waals surface area contributed by atoms with Gasteiger partial charge in [-0.1, -0.05) is 0 Å². The molecule has 0 fully saturated rings. The number of hydrogen-bond donors (Lipinski definition) is 1. The van der Waals surface area contributed by atoms with Crippen LogP contribution in [0.25, 0.3) is 0 Å². The van der Waals surface area contributed by atoms with Crippen molar-refractivity contribution in [3.63, 3.8) is 0 Å². The van der Waals surface area contributed by atoms with Gasteiger partial charge in [0.15, 0.2) is 11.5 Å². The van der Waals surface area contributed by atoms with Crippen LogP contribution in [0.15, 0.2) is 30.5 Å². The maximum Gasteiger partial charge on any atom is 0.523 e. The molecule has 1 N–H and O–H groups in total. The molecule has 94 valence electrons. The fourth-order valence-electron chi connectivity index (χ4n) is 2.18. The predicted octanol–water partition coefficient (Wildman–Crippen LogP) is 2.61. The molecule has 1 atom stereocenters. The molecule has 2 rings (SSSR count). The number of hydrogen-bond acceptors (Lipinski definition) is 2. The van der Waals surface area contributed by atoms with E-state index in [0.717, 1.165) is 0 Å². The molecule has 4 nitrogen and oxygen atoms in total. The van der Waals surface area contributed by atoms with Crippen LogP contribution in [0, 0.1) is 12.7 Å². The summed E-state index contributed by atoms with van der Waals surface area (Å²) in [5.41, 5.74) is 1.03. The molecule has 1 heterocycles. The van der Waals surface area contributed by atoms with Crippen molar-refractivity contribution in [2.75, 3.05) is 6.54 Å². The van der Waals surface area contributed by atoms with Crippen molar-refractivity contribution in [3.8, 4) is 0 Å². The molecule has 0 aliphatic carbocycles. The van der Waals surface area contributed by atoms with Gasteiger partial charge >= 0.3 is 6.09 Å². The van der Waals surface area contributed by atoms with Crippen molar-refractivity contribution in [1.82, 2.24) is 4.48 Å². The Balaban J connectivity index is 2.58. The van der Waals surface area contributed by atoms with E-state index in [4.69, 9.17) is 0 Å². The first-order valence-electron chi connectivity index (χ1n) is 5.56. The van der Waals surface area contributed by atoms with Crippen LogP contribution in [0.3, 0.4) is 0 Å². The molecule has 1 aliphatic heterocycles. The third-order valence-corrected chi connectivity index (χ3v) is 3.16. The minimum Gasteiger partial charge on any atom is -0.435 e. The van der Waals surface area contributed by atoms with E-state index in [-0.39, 0.29) is 18.7 Å². The van der Waals surface area contributed by atoms with Gasteiger partial charge in [-0.15, -0.1) is 0 Å². The number of carboxylic acid groups (broad SMARTS) is 1. The summed E-state index contributed by atoms with van der Waals surface area (Å²) in [6, 6.07) is 3.98. The monoisotopic (exact) mass is 250 g/mol. The van der Waals surface area contributed by atoms with Crippen LogP contribution in [0.5, 0.6) is 0 Å². The van der Waals surface area contributed by atoms with Crippen molar-refractivity contribution in [2.24, 2.45) is 0 Å². The summed E-state index contributed by atoms with van der Waals surface area (Å²) in [7, 11) is 0. The highest BCUT2D eigenvalue weighted by Gasteiger charge is 2.41. The molecule has 1 aliphatic rings. The lowest BCUT2D eigenvalue weighted by Crippen LogP contribution is -2.52. The summed E-state index contributed by atoms with van der Waals surface area (Å²) < 4.78 is 12.6. The van der Waals surface area contributed by atoms with E-state index in [2.05, 4.69) is 0 Å². The lowest BCUT2D eigenvalue weighted by Gasteiger charge is -2.31. The van der Waals surface area contributed by atoms with Gasteiger partial charge in [-0.3, -0.25) is 4.79 Å². The smallest absolute Gasteiger partial charge is 0.435 e. The van der Waals surface area contributed by atoms with Crippen molar-refractivity contribution in [1.29, 1.82) is 0 Å². The molecule has 1 amide bonds. The van der Waals surface area contributed by atoms with Crippen LogP contribution < -0.4 is 4.48 Å². The van der Waals surface area contributed by atoms with Crippen LogP contribution in [0.1, 0.15) is 12.0 Å². The summed E-state index contributed by atoms with van der Waals surface area (Å²) in [5, 5.41) is 9.44. The molecule has 18 heavy (non-hydrogen) atoms. The third-order valence-electron chi connectivity index (χ3n) is 3.16. The van der Waals surface area contributed by atoms with E-state index < -0.39 is 16.4 Å². The van der Waals surface area contributed by atoms with Crippen molar-refractivity contribution in [2.45, 2.75) is 13.3 Å². The average molecular weight is 250 g/mol. The molecule has 0 radical (unpaired) electrons. The lowest BCUT2D eigenvalue weighted by molar-refractivity contribution is -0.115. The van der Waals surface area contributed by atoms with Gasteiger partial charge in [0.25, 0.3) is 0 Å². The highest BCUT2D eigenvalue weighted by atomic mass is 19.1. The zero-order chi connectivity index (χ0) is 13.3. The second kappa shape index (κ2) is 4.34. The molecule has 1 unspecified atom stereocenters. The van der Waals surface area contributed by atoms with Gasteiger partial charge in [-0.25, -0.2) is 4.39 Å². The number of amides is 1. The van der Waals surface area contributed by atoms with Crippen LogP contribution >= 0.6 is 0 Å². The lowest BCUT2D eigenvalue weighted by atomic mass is 10.1. The highest BCUT2D eigenvalue weighted by Crippen LogP contribution is 2.31. The Morgan fingerprint density at radius 2 is 2.17 bits per heavy atom. The van der Waals surface area contributed by atoms with Crippen molar-refractivity contribution in [3.05, 3.63) is 41.9 Å². The maximum absolute atomic E-state index is 13.1. The first-order valence-corrected chi connectivity index (χ1v) is 5.56. The van der Waals surface area contributed by atoms with E-state index in [0.29, 0.717) is 11.3 Å². The zero-order valence-electron chi connectivity index (χ0n) is 9.89. The molecular formula is C13H13FNO3+. The zero-order valence-corrected chi connectivity index (χ0v) is 9.89. The number of nitrogens with zero attached hydrogens (tertiary/aromatic N) is 1. The number of rotatable bonds is 1. The standard InChI is InChI=1S/C13H12FNO3/c1-9-8-10(14)2-3-12(9)15(13(17)18)6-4-11(16)5-7-15/h2-4,6,8H,5,7H2,1H3/p+1. The molecule has 0 saturated carbocycles. The molecule has 0 bridgehead atoms. The normalized spacial score (nSPS) is 23.1. The summed E-state index contributed by atoms with van der Waals surface area (Å²) in [4.78, 5) is 22.7. The van der Waals surface area contributed by atoms with E-state index in [9.17, 15) is 19.1 Å². The Bertz CT molecular complexity index is 553. The minimum absolute atomic E-state index is 0.0928. The van der Waals surface area contributed by atoms with E-state index in [1.165, 1.54) is 30.5 Å². The van der Waals surface area contributed by atoms with Gasteiger partial charge < -0.3 is 5.11 Å². The van der Waals surface area contributed by atoms with Gasteiger partial charge in [0.2, 0.25) is 0 Å². The molecule has 0 spiro atoms. The number of carbonyl (C=O) groups is 2. The summed E-state index contributed by atoms with van der Waals surface area (Å²) >= 11 is 0. The van der Waals surface area contributed by atoms with Crippen molar-refractivity contribution >= 4 is 17.6 Å². The number of allylic oxidation sites excluding steroid dienone is 1. The topological polar surface area (TPSA) is 54.4 Å². The second-order valence-electron chi connectivity index (χ2n) is 4.34. The summed E-state index contributed by atoms with van der Waals surface area (Å²) in [5.74, 6) is -0.499.